The van der Waals surface area contributed by atoms with E-state index in [0.717, 1.165) is 11.3 Å². The van der Waals surface area contributed by atoms with Gasteiger partial charge in [0.05, 0.1) is 10.7 Å². The van der Waals surface area contributed by atoms with Gasteiger partial charge in [-0.2, -0.15) is 4.98 Å². The van der Waals surface area contributed by atoms with Crippen molar-refractivity contribution in [2.45, 2.75) is 6.54 Å². The standard InChI is InChI=1S/C13H10ClN5O/c14-10-2-1-4-17-11(10)12-18-13(20-19-12)8-3-5-16-9(6-8)7-15/h1-6H,7,15H2. The Hall–Kier alpha value is -2.31. The van der Waals surface area contributed by atoms with Crippen LogP contribution in [0.2, 0.25) is 5.02 Å². The summed E-state index contributed by atoms with van der Waals surface area (Å²) in [6.07, 6.45) is 3.27. The van der Waals surface area contributed by atoms with Gasteiger partial charge in [-0.15, -0.1) is 0 Å². The van der Waals surface area contributed by atoms with Gasteiger partial charge in [0, 0.05) is 24.5 Å². The third-order valence-corrected chi connectivity index (χ3v) is 2.97. The molecule has 3 rings (SSSR count). The van der Waals surface area contributed by atoms with Crippen molar-refractivity contribution < 1.29 is 4.52 Å². The number of nitrogens with zero attached hydrogens (tertiary/aromatic N) is 4. The molecule has 7 heteroatoms. The van der Waals surface area contributed by atoms with Crippen LogP contribution in [0, 0.1) is 0 Å². The van der Waals surface area contributed by atoms with Gasteiger partial charge in [0.2, 0.25) is 5.82 Å². The summed E-state index contributed by atoms with van der Waals surface area (Å²) in [7, 11) is 0. The molecule has 3 heterocycles. The smallest absolute Gasteiger partial charge is 0.258 e. The molecule has 0 aliphatic rings. The van der Waals surface area contributed by atoms with Crippen LogP contribution in [0.15, 0.2) is 41.2 Å². The first-order valence-electron chi connectivity index (χ1n) is 5.88. The number of nitrogens with two attached hydrogens (primary N) is 1. The maximum absolute atomic E-state index is 6.05. The Morgan fingerprint density at radius 2 is 2.10 bits per heavy atom. The molecule has 100 valence electrons. The molecule has 2 N–H and O–H groups in total. The number of pyridine rings is 2. The van der Waals surface area contributed by atoms with Crippen LogP contribution < -0.4 is 5.73 Å². The summed E-state index contributed by atoms with van der Waals surface area (Å²) in [4.78, 5) is 12.5. The first-order valence-corrected chi connectivity index (χ1v) is 6.25. The second kappa shape index (κ2) is 5.36. The molecule has 0 aliphatic carbocycles. The molecular formula is C13H10ClN5O. The van der Waals surface area contributed by atoms with Crippen LogP contribution in [0.25, 0.3) is 23.0 Å². The molecule has 20 heavy (non-hydrogen) atoms. The second-order valence-corrected chi connectivity index (χ2v) is 4.40. The Bertz CT molecular complexity index is 743. The van der Waals surface area contributed by atoms with E-state index in [-0.39, 0.29) is 0 Å². The van der Waals surface area contributed by atoms with Crippen molar-refractivity contribution in [1.82, 2.24) is 20.1 Å². The first kappa shape index (κ1) is 12.7. The van der Waals surface area contributed by atoms with E-state index < -0.39 is 0 Å². The van der Waals surface area contributed by atoms with Gasteiger partial charge < -0.3 is 10.3 Å². The van der Waals surface area contributed by atoms with Crippen LogP contribution >= 0.6 is 11.6 Å². The molecule has 6 nitrogen and oxygen atoms in total. The molecule has 0 atom stereocenters. The molecule has 3 aromatic heterocycles. The maximum atomic E-state index is 6.05. The minimum Gasteiger partial charge on any atom is -0.334 e. The Morgan fingerprint density at radius 3 is 2.90 bits per heavy atom. The number of hydrogen-bond donors (Lipinski definition) is 1. The Kier molecular flexibility index (Phi) is 3.41. The van der Waals surface area contributed by atoms with E-state index in [1.165, 1.54) is 0 Å². The summed E-state index contributed by atoms with van der Waals surface area (Å²) in [6, 6.07) is 7.04. The van der Waals surface area contributed by atoms with Gasteiger partial charge in [0.25, 0.3) is 5.89 Å². The van der Waals surface area contributed by atoms with Crippen molar-refractivity contribution in [3.05, 3.63) is 47.4 Å². The van der Waals surface area contributed by atoms with Crippen LogP contribution in [0.1, 0.15) is 5.69 Å². The topological polar surface area (TPSA) is 90.7 Å². The van der Waals surface area contributed by atoms with E-state index in [9.17, 15) is 0 Å². The van der Waals surface area contributed by atoms with Gasteiger partial charge in [0.1, 0.15) is 5.69 Å². The first-order chi connectivity index (χ1) is 9.78. The predicted octanol–water partition coefficient (Wildman–Crippen LogP) is 2.31. The second-order valence-electron chi connectivity index (χ2n) is 4.00. The summed E-state index contributed by atoms with van der Waals surface area (Å²) < 4.78 is 5.23. The highest BCUT2D eigenvalue weighted by atomic mass is 35.5. The fourth-order valence-corrected chi connectivity index (χ4v) is 1.92. The highest BCUT2D eigenvalue weighted by Gasteiger charge is 2.14. The molecule has 0 radical (unpaired) electrons. The van der Waals surface area contributed by atoms with Crippen LogP contribution in [0.4, 0.5) is 0 Å². The fraction of sp³-hybridized carbons (Fsp3) is 0.0769. The van der Waals surface area contributed by atoms with Crippen molar-refractivity contribution >= 4 is 11.6 Å². The van der Waals surface area contributed by atoms with E-state index in [1.54, 1.807) is 36.7 Å². The third-order valence-electron chi connectivity index (χ3n) is 2.67. The van der Waals surface area contributed by atoms with Gasteiger partial charge in [-0.05, 0) is 24.3 Å². The maximum Gasteiger partial charge on any atom is 0.258 e. The van der Waals surface area contributed by atoms with E-state index in [1.807, 2.05) is 0 Å². The monoisotopic (exact) mass is 287 g/mol. The van der Waals surface area contributed by atoms with E-state index in [2.05, 4.69) is 20.1 Å². The third kappa shape index (κ3) is 2.38. The molecule has 3 aromatic rings. The molecular weight excluding hydrogens is 278 g/mol. The summed E-state index contributed by atoms with van der Waals surface area (Å²) in [6.45, 7) is 0.348. The van der Waals surface area contributed by atoms with Crippen molar-refractivity contribution in [2.24, 2.45) is 5.73 Å². The SMILES string of the molecule is NCc1cc(-c2nc(-c3ncccc3Cl)no2)ccn1. The van der Waals surface area contributed by atoms with Gasteiger partial charge in [-0.3, -0.25) is 9.97 Å². The van der Waals surface area contributed by atoms with Crippen LogP contribution in [-0.2, 0) is 6.54 Å². The van der Waals surface area contributed by atoms with Crippen molar-refractivity contribution in [3.63, 3.8) is 0 Å². The zero-order chi connectivity index (χ0) is 13.9. The summed E-state index contributed by atoms with van der Waals surface area (Å²) in [5.41, 5.74) is 7.54. The van der Waals surface area contributed by atoms with E-state index >= 15 is 0 Å². The van der Waals surface area contributed by atoms with Gasteiger partial charge in [0.15, 0.2) is 0 Å². The Morgan fingerprint density at radius 1 is 1.20 bits per heavy atom. The number of rotatable bonds is 3. The number of aromatic nitrogens is 4. The van der Waals surface area contributed by atoms with Crippen LogP contribution in [0.5, 0.6) is 0 Å². The summed E-state index contributed by atoms with van der Waals surface area (Å²) >= 11 is 6.05. The lowest BCUT2D eigenvalue weighted by Gasteiger charge is -1.97. The zero-order valence-electron chi connectivity index (χ0n) is 10.3. The van der Waals surface area contributed by atoms with E-state index in [0.29, 0.717) is 29.0 Å². The van der Waals surface area contributed by atoms with Gasteiger partial charge in [-0.25, -0.2) is 0 Å². The highest BCUT2D eigenvalue weighted by Crippen LogP contribution is 2.25. The average molecular weight is 288 g/mol. The largest absolute Gasteiger partial charge is 0.334 e. The minimum atomic E-state index is 0.344. The molecule has 0 unspecified atom stereocenters. The van der Waals surface area contributed by atoms with Gasteiger partial charge >= 0.3 is 0 Å². The quantitative estimate of drug-likeness (QED) is 0.795. The van der Waals surface area contributed by atoms with Crippen molar-refractivity contribution in [2.75, 3.05) is 0 Å². The van der Waals surface area contributed by atoms with Crippen molar-refractivity contribution in [1.29, 1.82) is 0 Å². The molecule has 0 amide bonds. The lowest BCUT2D eigenvalue weighted by atomic mass is 10.2. The van der Waals surface area contributed by atoms with Crippen LogP contribution in [0.3, 0.4) is 0 Å². The normalized spacial score (nSPS) is 10.7. The highest BCUT2D eigenvalue weighted by molar-refractivity contribution is 6.32. The minimum absolute atomic E-state index is 0.344. The Balaban J connectivity index is 2.00. The van der Waals surface area contributed by atoms with Gasteiger partial charge in [-0.1, -0.05) is 16.8 Å². The fourth-order valence-electron chi connectivity index (χ4n) is 1.71. The molecule has 0 spiro atoms. The molecule has 0 saturated heterocycles. The number of halogens is 1. The lowest BCUT2D eigenvalue weighted by Crippen LogP contribution is -1.99. The zero-order valence-corrected chi connectivity index (χ0v) is 11.1. The molecule has 0 fully saturated rings. The lowest BCUT2D eigenvalue weighted by molar-refractivity contribution is 0.432. The van der Waals surface area contributed by atoms with E-state index in [4.69, 9.17) is 21.9 Å². The summed E-state index contributed by atoms with van der Waals surface area (Å²) in [5.74, 6) is 0.718. The summed E-state index contributed by atoms with van der Waals surface area (Å²) in [5, 5.41) is 4.36. The Labute approximate surface area is 119 Å². The average Bonchev–Trinajstić information content (AvgIpc) is 2.97. The molecule has 0 aliphatic heterocycles. The number of hydrogen-bond acceptors (Lipinski definition) is 6. The molecule has 0 saturated carbocycles. The molecule has 0 aromatic carbocycles. The van der Waals surface area contributed by atoms with Crippen molar-refractivity contribution in [3.8, 4) is 23.0 Å². The molecule has 0 bridgehead atoms. The predicted molar refractivity (Wildman–Crippen MR) is 73.7 cm³/mol. The van der Waals surface area contributed by atoms with Crippen LogP contribution in [-0.4, -0.2) is 20.1 Å².